The number of aliphatic imine (C=N–C) groups is 1. The van der Waals surface area contributed by atoms with Gasteiger partial charge in [-0.3, -0.25) is 4.99 Å². The Morgan fingerprint density at radius 3 is 2.45 bits per heavy atom. The van der Waals surface area contributed by atoms with Crippen molar-refractivity contribution in [3.05, 3.63) is 0 Å². The lowest BCUT2D eigenvalue weighted by atomic mass is 10.1. The predicted molar refractivity (Wildman–Crippen MR) is 108 cm³/mol. The van der Waals surface area contributed by atoms with Crippen LogP contribution in [0.1, 0.15) is 32.6 Å². The van der Waals surface area contributed by atoms with Crippen molar-refractivity contribution >= 4 is 51.5 Å². The van der Waals surface area contributed by atoms with Gasteiger partial charge in [0.25, 0.3) is 0 Å². The van der Waals surface area contributed by atoms with Gasteiger partial charge < -0.3 is 10.6 Å². The maximum atomic E-state index is 11.4. The summed E-state index contributed by atoms with van der Waals surface area (Å²) in [6, 6.07) is 0. The fourth-order valence-electron chi connectivity index (χ4n) is 2.25. The van der Waals surface area contributed by atoms with Gasteiger partial charge >= 0.3 is 0 Å². The largest absolute Gasteiger partial charge is 0.357 e. The average molecular weight is 463 g/mol. The van der Waals surface area contributed by atoms with Crippen molar-refractivity contribution in [1.82, 2.24) is 10.6 Å². The molecule has 2 N–H and O–H groups in total. The van der Waals surface area contributed by atoms with E-state index in [-0.39, 0.29) is 35.1 Å². The van der Waals surface area contributed by atoms with Crippen molar-refractivity contribution in [2.24, 2.45) is 10.4 Å². The van der Waals surface area contributed by atoms with E-state index in [4.69, 9.17) is 0 Å². The first-order chi connectivity index (χ1) is 9.91. The number of nitrogens with zero attached hydrogens (tertiary/aromatic N) is 1. The SMILES string of the molecule is CCNC(=NCC1(CS(C)(=O)=O)CC1)NCCCCSC.I. The molecule has 0 amide bonds. The van der Waals surface area contributed by atoms with Crippen LogP contribution < -0.4 is 10.6 Å². The van der Waals surface area contributed by atoms with E-state index in [0.717, 1.165) is 38.3 Å². The van der Waals surface area contributed by atoms with Crippen molar-refractivity contribution in [3.8, 4) is 0 Å². The van der Waals surface area contributed by atoms with Gasteiger partial charge in [-0.1, -0.05) is 0 Å². The van der Waals surface area contributed by atoms with Crippen molar-refractivity contribution in [1.29, 1.82) is 0 Å². The van der Waals surface area contributed by atoms with E-state index in [2.05, 4.69) is 21.9 Å². The van der Waals surface area contributed by atoms with Gasteiger partial charge in [0.15, 0.2) is 5.96 Å². The highest BCUT2D eigenvalue weighted by Gasteiger charge is 2.45. The Morgan fingerprint density at radius 1 is 1.27 bits per heavy atom. The molecule has 1 aliphatic carbocycles. The summed E-state index contributed by atoms with van der Waals surface area (Å²) in [7, 11) is -2.92. The van der Waals surface area contributed by atoms with Crippen LogP contribution in [0.15, 0.2) is 4.99 Å². The minimum atomic E-state index is -2.92. The number of guanidine groups is 1. The molecule has 0 aliphatic heterocycles. The Hall–Kier alpha value is 0.300. The number of rotatable bonds is 10. The molecule has 1 rings (SSSR count). The third-order valence-electron chi connectivity index (χ3n) is 3.51. The number of hydrogen-bond acceptors (Lipinski definition) is 4. The van der Waals surface area contributed by atoms with E-state index in [0.29, 0.717) is 6.54 Å². The summed E-state index contributed by atoms with van der Waals surface area (Å²) >= 11 is 1.87. The molecule has 8 heteroatoms. The summed E-state index contributed by atoms with van der Waals surface area (Å²) in [4.78, 5) is 4.57. The fourth-order valence-corrected chi connectivity index (χ4v) is 4.23. The zero-order valence-corrected chi connectivity index (χ0v) is 17.8. The van der Waals surface area contributed by atoms with Crippen LogP contribution in [0.3, 0.4) is 0 Å². The number of nitrogens with one attached hydrogen (secondary N) is 2. The Bertz CT molecular complexity index is 437. The minimum Gasteiger partial charge on any atom is -0.357 e. The van der Waals surface area contributed by atoms with Crippen LogP contribution in [-0.4, -0.2) is 58.0 Å². The molecule has 22 heavy (non-hydrogen) atoms. The van der Waals surface area contributed by atoms with Crippen LogP contribution in [0.25, 0.3) is 0 Å². The molecule has 5 nitrogen and oxygen atoms in total. The molecule has 0 saturated heterocycles. The lowest BCUT2D eigenvalue weighted by molar-refractivity contribution is 0.550. The average Bonchev–Trinajstić information content (AvgIpc) is 3.13. The number of unbranched alkanes of at least 4 members (excludes halogenated alkanes) is 1. The minimum absolute atomic E-state index is 0. The molecule has 0 aromatic carbocycles. The molecule has 0 bridgehead atoms. The van der Waals surface area contributed by atoms with E-state index in [1.54, 1.807) is 0 Å². The van der Waals surface area contributed by atoms with E-state index in [1.165, 1.54) is 18.4 Å². The zero-order chi connectivity index (χ0) is 15.8. The highest BCUT2D eigenvalue weighted by molar-refractivity contribution is 14.0. The summed E-state index contributed by atoms with van der Waals surface area (Å²) in [5.74, 6) is 2.25. The third kappa shape index (κ3) is 10.1. The van der Waals surface area contributed by atoms with Crippen molar-refractivity contribution in [2.75, 3.05) is 43.7 Å². The van der Waals surface area contributed by atoms with Gasteiger partial charge in [0.2, 0.25) is 0 Å². The lowest BCUT2D eigenvalue weighted by Gasteiger charge is -2.14. The van der Waals surface area contributed by atoms with E-state index >= 15 is 0 Å². The molecule has 0 aromatic rings. The van der Waals surface area contributed by atoms with E-state index < -0.39 is 9.84 Å². The maximum absolute atomic E-state index is 11.4. The summed E-state index contributed by atoms with van der Waals surface area (Å²) in [6.07, 6.45) is 7.69. The molecule has 0 atom stereocenters. The van der Waals surface area contributed by atoms with Crippen molar-refractivity contribution in [3.63, 3.8) is 0 Å². The Balaban J connectivity index is 0.00000441. The first-order valence-electron chi connectivity index (χ1n) is 7.60. The molecule has 1 saturated carbocycles. The van der Waals surface area contributed by atoms with Gasteiger partial charge in [-0.05, 0) is 44.6 Å². The molecular formula is C14H30IN3O2S2. The first-order valence-corrected chi connectivity index (χ1v) is 11.0. The topological polar surface area (TPSA) is 70.6 Å². The normalized spacial score (nSPS) is 16.8. The number of halogens is 1. The quantitative estimate of drug-likeness (QED) is 0.225. The van der Waals surface area contributed by atoms with E-state index in [9.17, 15) is 8.42 Å². The van der Waals surface area contributed by atoms with E-state index in [1.807, 2.05) is 18.7 Å². The van der Waals surface area contributed by atoms with Crippen LogP contribution in [0.4, 0.5) is 0 Å². The van der Waals surface area contributed by atoms with Gasteiger partial charge in [0.05, 0.1) is 5.75 Å². The maximum Gasteiger partial charge on any atom is 0.191 e. The number of hydrogen-bond donors (Lipinski definition) is 2. The Morgan fingerprint density at radius 2 is 1.95 bits per heavy atom. The second kappa shape index (κ2) is 11.0. The zero-order valence-electron chi connectivity index (χ0n) is 13.9. The monoisotopic (exact) mass is 463 g/mol. The van der Waals surface area contributed by atoms with Crippen LogP contribution >= 0.6 is 35.7 Å². The molecule has 0 spiro atoms. The second-order valence-electron chi connectivity index (χ2n) is 5.89. The Labute approximate surface area is 156 Å². The van der Waals surface area contributed by atoms with Crippen LogP contribution in [0.5, 0.6) is 0 Å². The lowest BCUT2D eigenvalue weighted by Crippen LogP contribution is -2.38. The van der Waals surface area contributed by atoms with Crippen LogP contribution in [0, 0.1) is 5.41 Å². The second-order valence-corrected chi connectivity index (χ2v) is 9.02. The first kappa shape index (κ1) is 22.3. The van der Waals surface area contributed by atoms with Crippen LogP contribution in [0.2, 0.25) is 0 Å². The predicted octanol–water partition coefficient (Wildman–Crippen LogP) is 2.13. The van der Waals surface area contributed by atoms with Crippen LogP contribution in [-0.2, 0) is 9.84 Å². The molecule has 0 radical (unpaired) electrons. The third-order valence-corrected chi connectivity index (χ3v) is 5.34. The summed E-state index contributed by atoms with van der Waals surface area (Å²) in [6.45, 7) is 4.36. The molecule has 1 aliphatic rings. The highest BCUT2D eigenvalue weighted by atomic mass is 127. The molecular weight excluding hydrogens is 433 g/mol. The van der Waals surface area contributed by atoms with Crippen molar-refractivity contribution < 1.29 is 8.42 Å². The van der Waals surface area contributed by atoms with Gasteiger partial charge in [0, 0.05) is 31.3 Å². The van der Waals surface area contributed by atoms with Gasteiger partial charge in [0.1, 0.15) is 9.84 Å². The molecule has 0 aromatic heterocycles. The number of thioether (sulfide) groups is 1. The van der Waals surface area contributed by atoms with Crippen molar-refractivity contribution in [2.45, 2.75) is 32.6 Å². The smallest absolute Gasteiger partial charge is 0.191 e. The standard InChI is InChI=1S/C14H29N3O2S2.HI/c1-4-15-13(16-9-5-6-10-20-2)17-11-14(7-8-14)12-21(3,18)19;/h4-12H2,1-3H3,(H2,15,16,17);1H. The highest BCUT2D eigenvalue weighted by Crippen LogP contribution is 2.46. The summed E-state index contributed by atoms with van der Waals surface area (Å²) in [5, 5.41) is 6.54. The molecule has 0 unspecified atom stereocenters. The Kier molecular flexibility index (Phi) is 11.1. The molecule has 0 heterocycles. The molecule has 132 valence electrons. The van der Waals surface area contributed by atoms with Gasteiger partial charge in [-0.2, -0.15) is 11.8 Å². The number of sulfone groups is 1. The fraction of sp³-hybridized carbons (Fsp3) is 0.929. The summed E-state index contributed by atoms with van der Waals surface area (Å²) in [5.41, 5.74) is -0.102. The summed E-state index contributed by atoms with van der Waals surface area (Å²) < 4.78 is 22.9. The van der Waals surface area contributed by atoms with Gasteiger partial charge in [-0.15, -0.1) is 24.0 Å². The molecule has 1 fully saturated rings. The van der Waals surface area contributed by atoms with Gasteiger partial charge in [-0.25, -0.2) is 8.42 Å².